The van der Waals surface area contributed by atoms with Crippen LogP contribution in [-0.2, 0) is 27.8 Å². The van der Waals surface area contributed by atoms with Crippen LogP contribution in [0.3, 0.4) is 0 Å². The molecule has 0 bridgehead atoms. The standard InChI is InChI=1S/C11H22B2O6Si/c1-12-16-7(6-14-20(3,4)5)8-9(17-12)10-11(15-8)19-13(2)18-10/h7-11H,6H2,1-5H3/t7-,8-,9+,10-,11-/m1/s1. The Balaban J connectivity index is 1.67. The fraction of sp³-hybridized carbons (Fsp3) is 1.00. The molecule has 9 heteroatoms. The second kappa shape index (κ2) is 5.39. The van der Waals surface area contributed by atoms with Gasteiger partial charge >= 0.3 is 14.2 Å². The Morgan fingerprint density at radius 2 is 1.55 bits per heavy atom. The highest BCUT2D eigenvalue weighted by molar-refractivity contribution is 6.69. The minimum absolute atomic E-state index is 0.136. The van der Waals surface area contributed by atoms with E-state index in [2.05, 4.69) is 19.6 Å². The lowest BCUT2D eigenvalue weighted by molar-refractivity contribution is -0.137. The smallest absolute Gasteiger partial charge is 0.415 e. The molecule has 0 aliphatic carbocycles. The first-order chi connectivity index (χ1) is 9.33. The van der Waals surface area contributed by atoms with Crippen LogP contribution in [0.1, 0.15) is 0 Å². The van der Waals surface area contributed by atoms with E-state index in [0.29, 0.717) is 6.61 Å². The Bertz CT molecular complexity index is 367. The van der Waals surface area contributed by atoms with Crippen LogP contribution in [0.25, 0.3) is 0 Å². The molecule has 0 amide bonds. The lowest BCUT2D eigenvalue weighted by atomic mass is 9.88. The maximum Gasteiger partial charge on any atom is 0.455 e. The van der Waals surface area contributed by atoms with Gasteiger partial charge in [-0.3, -0.25) is 0 Å². The van der Waals surface area contributed by atoms with Gasteiger partial charge in [0.2, 0.25) is 0 Å². The predicted molar refractivity (Wildman–Crippen MR) is 76.9 cm³/mol. The first-order valence-electron chi connectivity index (χ1n) is 7.25. The Kier molecular flexibility index (Phi) is 4.04. The van der Waals surface area contributed by atoms with Crippen LogP contribution in [0.15, 0.2) is 0 Å². The van der Waals surface area contributed by atoms with Gasteiger partial charge in [0.25, 0.3) is 0 Å². The van der Waals surface area contributed by atoms with Crippen molar-refractivity contribution in [1.29, 1.82) is 0 Å². The third-order valence-corrected chi connectivity index (χ3v) is 4.68. The number of hydrogen-bond donors (Lipinski definition) is 0. The molecule has 3 saturated heterocycles. The van der Waals surface area contributed by atoms with E-state index < -0.39 is 8.32 Å². The van der Waals surface area contributed by atoms with Gasteiger partial charge in [-0.1, -0.05) is 0 Å². The molecule has 0 radical (unpaired) electrons. The van der Waals surface area contributed by atoms with Crippen molar-refractivity contribution in [1.82, 2.24) is 0 Å². The Labute approximate surface area is 121 Å². The largest absolute Gasteiger partial charge is 0.455 e. The highest BCUT2D eigenvalue weighted by Crippen LogP contribution is 2.38. The molecule has 0 saturated carbocycles. The highest BCUT2D eigenvalue weighted by atomic mass is 28.4. The van der Waals surface area contributed by atoms with Crippen molar-refractivity contribution in [2.24, 2.45) is 0 Å². The van der Waals surface area contributed by atoms with Crippen LogP contribution >= 0.6 is 0 Å². The molecule has 3 aliphatic rings. The number of ether oxygens (including phenoxy) is 1. The summed E-state index contributed by atoms with van der Waals surface area (Å²) in [7, 11) is -2.12. The average molecular weight is 300 g/mol. The lowest BCUT2D eigenvalue weighted by Crippen LogP contribution is -2.54. The van der Waals surface area contributed by atoms with Gasteiger partial charge in [-0.25, -0.2) is 0 Å². The first-order valence-corrected chi connectivity index (χ1v) is 10.7. The summed E-state index contributed by atoms with van der Waals surface area (Å²) < 4.78 is 34.9. The van der Waals surface area contributed by atoms with E-state index >= 15 is 0 Å². The van der Waals surface area contributed by atoms with E-state index in [-0.39, 0.29) is 44.9 Å². The van der Waals surface area contributed by atoms with E-state index in [4.69, 9.17) is 27.8 Å². The van der Waals surface area contributed by atoms with Gasteiger partial charge < -0.3 is 27.8 Å². The summed E-state index contributed by atoms with van der Waals surface area (Å²) in [5, 5.41) is 0. The third-order valence-electron chi connectivity index (χ3n) is 3.64. The molecule has 3 rings (SSSR count). The summed E-state index contributed by atoms with van der Waals surface area (Å²) in [6, 6.07) is 0. The average Bonchev–Trinajstić information content (AvgIpc) is 2.82. The van der Waals surface area contributed by atoms with Gasteiger partial charge in [0.1, 0.15) is 18.3 Å². The number of hydrogen-bond acceptors (Lipinski definition) is 6. The molecule has 3 aliphatic heterocycles. The van der Waals surface area contributed by atoms with Crippen LogP contribution in [0, 0.1) is 0 Å². The van der Waals surface area contributed by atoms with Crippen LogP contribution in [-0.4, -0.2) is 59.9 Å². The van der Waals surface area contributed by atoms with Crippen molar-refractivity contribution in [2.45, 2.75) is 64.0 Å². The second-order valence-electron chi connectivity index (χ2n) is 6.54. The van der Waals surface area contributed by atoms with Gasteiger partial charge in [0.15, 0.2) is 14.6 Å². The minimum atomic E-state index is -1.59. The van der Waals surface area contributed by atoms with Crippen molar-refractivity contribution in [3.05, 3.63) is 0 Å². The zero-order valence-electron chi connectivity index (χ0n) is 12.7. The summed E-state index contributed by atoms with van der Waals surface area (Å²) in [6.07, 6.45) is -1.00. The lowest BCUT2D eigenvalue weighted by Gasteiger charge is -2.37. The minimum Gasteiger partial charge on any atom is -0.415 e. The van der Waals surface area contributed by atoms with Crippen LogP contribution in [0.4, 0.5) is 0 Å². The molecule has 3 heterocycles. The Hall–Kier alpha value is 0.107. The maximum absolute atomic E-state index is 5.97. The van der Waals surface area contributed by atoms with Crippen molar-refractivity contribution < 1.29 is 27.8 Å². The zero-order valence-corrected chi connectivity index (χ0v) is 13.7. The number of fused-ring (bicyclic) bond motifs is 3. The van der Waals surface area contributed by atoms with E-state index in [1.165, 1.54) is 0 Å². The van der Waals surface area contributed by atoms with E-state index in [1.54, 1.807) is 0 Å². The van der Waals surface area contributed by atoms with Crippen LogP contribution in [0.2, 0.25) is 33.3 Å². The van der Waals surface area contributed by atoms with Gasteiger partial charge in [-0.2, -0.15) is 0 Å². The number of rotatable bonds is 3. The van der Waals surface area contributed by atoms with Crippen molar-refractivity contribution in [3.63, 3.8) is 0 Å². The normalized spacial score (nSPS) is 41.0. The summed E-state index contributed by atoms with van der Waals surface area (Å²) in [5.74, 6) is 0. The Morgan fingerprint density at radius 3 is 2.25 bits per heavy atom. The predicted octanol–water partition coefficient (Wildman–Crippen LogP) is 0.998. The molecule has 20 heavy (non-hydrogen) atoms. The summed E-state index contributed by atoms with van der Waals surface area (Å²) >= 11 is 0. The molecule has 6 nitrogen and oxygen atoms in total. The molecule has 0 aromatic heterocycles. The summed E-state index contributed by atoms with van der Waals surface area (Å²) in [6.45, 7) is 10.8. The van der Waals surface area contributed by atoms with E-state index in [0.717, 1.165) is 0 Å². The third kappa shape index (κ3) is 2.99. The van der Waals surface area contributed by atoms with Crippen molar-refractivity contribution in [2.75, 3.05) is 6.61 Å². The fourth-order valence-corrected chi connectivity index (χ4v) is 3.51. The zero-order chi connectivity index (χ0) is 14.5. The topological polar surface area (TPSA) is 55.4 Å². The van der Waals surface area contributed by atoms with Crippen molar-refractivity contribution >= 4 is 22.6 Å². The molecule has 0 aromatic rings. The SMILES string of the molecule is CB1O[C@H]2O[C@H]3[C@H](OB(C)O[C@@H]3CO[Si](C)(C)C)[C@H]2O1. The molecule has 0 N–H and O–H groups in total. The monoisotopic (exact) mass is 300 g/mol. The van der Waals surface area contributed by atoms with E-state index in [1.807, 2.05) is 13.6 Å². The van der Waals surface area contributed by atoms with Gasteiger partial charge in [0, 0.05) is 0 Å². The molecule has 112 valence electrons. The van der Waals surface area contributed by atoms with Crippen LogP contribution < -0.4 is 0 Å². The first kappa shape index (κ1) is 15.0. The molecule has 3 fully saturated rings. The molecular weight excluding hydrogens is 278 g/mol. The summed E-state index contributed by atoms with van der Waals surface area (Å²) in [5.41, 5.74) is 0. The Morgan fingerprint density at radius 1 is 0.900 bits per heavy atom. The van der Waals surface area contributed by atoms with Gasteiger partial charge in [0.05, 0.1) is 12.7 Å². The van der Waals surface area contributed by atoms with Crippen LogP contribution in [0.5, 0.6) is 0 Å². The quantitative estimate of drug-likeness (QED) is 0.725. The van der Waals surface area contributed by atoms with E-state index in [9.17, 15) is 0 Å². The molecule has 0 spiro atoms. The van der Waals surface area contributed by atoms with Crippen molar-refractivity contribution in [3.8, 4) is 0 Å². The molecular formula is C11H22B2O6Si. The second-order valence-corrected chi connectivity index (χ2v) is 11.1. The van der Waals surface area contributed by atoms with Gasteiger partial charge in [-0.05, 0) is 33.3 Å². The van der Waals surface area contributed by atoms with Gasteiger partial charge in [-0.15, -0.1) is 0 Å². The summed E-state index contributed by atoms with van der Waals surface area (Å²) in [4.78, 5) is 0. The highest BCUT2D eigenvalue weighted by Gasteiger charge is 2.58. The molecule has 5 atom stereocenters. The fourth-order valence-electron chi connectivity index (χ4n) is 2.84. The molecule has 0 unspecified atom stereocenters. The molecule has 0 aromatic carbocycles. The maximum atomic E-state index is 5.97.